The highest BCUT2D eigenvalue weighted by Gasteiger charge is 2.31. The van der Waals surface area contributed by atoms with Crippen LogP contribution in [0.4, 0.5) is 18.9 Å². The van der Waals surface area contributed by atoms with Crippen LogP contribution in [0, 0.1) is 11.3 Å². The monoisotopic (exact) mass is 416 g/mol. The third-order valence-corrected chi connectivity index (χ3v) is 4.53. The van der Waals surface area contributed by atoms with Gasteiger partial charge in [-0.25, -0.2) is 4.98 Å². The molecule has 2 aromatic rings. The van der Waals surface area contributed by atoms with Crippen molar-refractivity contribution in [3.05, 3.63) is 50.4 Å². The summed E-state index contributed by atoms with van der Waals surface area (Å²) in [5.74, 6) is -0.865. The normalized spacial score (nSPS) is 11.1. The van der Waals surface area contributed by atoms with Crippen molar-refractivity contribution >= 4 is 35.0 Å². The minimum Gasteiger partial charge on any atom is -0.324 e. The van der Waals surface area contributed by atoms with Gasteiger partial charge in [-0.05, 0) is 24.6 Å². The van der Waals surface area contributed by atoms with Gasteiger partial charge < -0.3 is 10.3 Å². The molecule has 0 bridgehead atoms. The molecule has 27 heavy (non-hydrogen) atoms. The predicted octanol–water partition coefficient (Wildman–Crippen LogP) is 3.61. The predicted molar refractivity (Wildman–Crippen MR) is 94.8 cm³/mol. The molecule has 0 saturated carbocycles. The second-order valence-corrected chi connectivity index (χ2v) is 6.56. The number of hydrogen-bond donors (Lipinski definition) is 2. The number of nitrogens with one attached hydrogen (secondary N) is 2. The van der Waals surface area contributed by atoms with Crippen LogP contribution in [0.3, 0.4) is 0 Å². The third kappa shape index (κ3) is 5.24. The van der Waals surface area contributed by atoms with Crippen molar-refractivity contribution in [2.24, 2.45) is 0 Å². The number of nitrogens with zero attached hydrogens (tertiary/aromatic N) is 2. The number of carbonyl (C=O) groups is 1. The Labute approximate surface area is 160 Å². The van der Waals surface area contributed by atoms with E-state index < -0.39 is 23.2 Å². The molecule has 1 amide bonds. The summed E-state index contributed by atoms with van der Waals surface area (Å²) in [5.41, 5.74) is -1.53. The number of thioether (sulfide) groups is 1. The van der Waals surface area contributed by atoms with E-state index in [-0.39, 0.29) is 27.2 Å². The number of hydrogen-bond acceptors (Lipinski definition) is 5. The number of rotatable bonds is 5. The fourth-order valence-corrected chi connectivity index (χ4v) is 2.90. The van der Waals surface area contributed by atoms with Crippen LogP contribution >= 0.6 is 23.4 Å². The summed E-state index contributed by atoms with van der Waals surface area (Å²) < 4.78 is 38.3. The number of anilines is 1. The summed E-state index contributed by atoms with van der Waals surface area (Å²) in [7, 11) is 0. The van der Waals surface area contributed by atoms with Gasteiger partial charge >= 0.3 is 6.18 Å². The van der Waals surface area contributed by atoms with Gasteiger partial charge in [0, 0.05) is 0 Å². The maximum Gasteiger partial charge on any atom is 0.416 e. The molecule has 142 valence electrons. The standard InChI is InChI=1S/C16H12ClF3N4O2S/c1-2-11-9(6-21)14(26)24-15(23-11)27-7-13(25)22-12-5-8(16(18,19)20)3-4-10(12)17/h3-5H,2,7H2,1H3,(H,22,25)(H,23,24,26). The van der Waals surface area contributed by atoms with Crippen LogP contribution in [-0.2, 0) is 17.4 Å². The average Bonchev–Trinajstić information content (AvgIpc) is 2.60. The molecule has 0 aliphatic carbocycles. The Kier molecular flexibility index (Phi) is 6.51. The molecule has 2 N–H and O–H groups in total. The molecule has 11 heteroatoms. The molecule has 0 unspecified atom stereocenters. The van der Waals surface area contributed by atoms with Crippen LogP contribution in [0.25, 0.3) is 0 Å². The topological polar surface area (TPSA) is 98.6 Å². The van der Waals surface area contributed by atoms with E-state index in [0.717, 1.165) is 30.0 Å². The number of aromatic nitrogens is 2. The molecule has 6 nitrogen and oxygen atoms in total. The van der Waals surface area contributed by atoms with Gasteiger partial charge in [-0.15, -0.1) is 0 Å². The van der Waals surface area contributed by atoms with Gasteiger partial charge in [0.2, 0.25) is 5.91 Å². The first-order chi connectivity index (χ1) is 12.7. The maximum atomic E-state index is 12.8. The van der Waals surface area contributed by atoms with Crippen molar-refractivity contribution in [2.75, 3.05) is 11.1 Å². The minimum absolute atomic E-state index is 0.0421. The molecule has 1 heterocycles. The zero-order valence-corrected chi connectivity index (χ0v) is 15.3. The maximum absolute atomic E-state index is 12.8. The van der Waals surface area contributed by atoms with Gasteiger partial charge in [-0.3, -0.25) is 9.59 Å². The fraction of sp³-hybridized carbons (Fsp3) is 0.250. The Hall–Kier alpha value is -2.51. The van der Waals surface area contributed by atoms with E-state index in [0.29, 0.717) is 12.1 Å². The van der Waals surface area contributed by atoms with Gasteiger partial charge in [0.25, 0.3) is 5.56 Å². The first-order valence-electron chi connectivity index (χ1n) is 7.48. The minimum atomic E-state index is -4.57. The summed E-state index contributed by atoms with van der Waals surface area (Å²) in [5, 5.41) is 11.3. The number of aromatic amines is 1. The quantitative estimate of drug-likeness (QED) is 0.573. The average molecular weight is 417 g/mol. The number of benzene rings is 1. The largest absolute Gasteiger partial charge is 0.416 e. The van der Waals surface area contributed by atoms with E-state index in [2.05, 4.69) is 15.3 Å². The molecule has 0 aliphatic heterocycles. The van der Waals surface area contributed by atoms with Crippen molar-refractivity contribution in [3.63, 3.8) is 0 Å². The van der Waals surface area contributed by atoms with Crippen molar-refractivity contribution in [2.45, 2.75) is 24.7 Å². The van der Waals surface area contributed by atoms with Gasteiger partial charge in [0.1, 0.15) is 11.6 Å². The van der Waals surface area contributed by atoms with Crippen LogP contribution in [0.15, 0.2) is 28.2 Å². The van der Waals surface area contributed by atoms with E-state index >= 15 is 0 Å². The highest BCUT2D eigenvalue weighted by atomic mass is 35.5. The van der Waals surface area contributed by atoms with Gasteiger partial charge in [-0.2, -0.15) is 18.4 Å². The molecule has 0 aliphatic rings. The number of halogens is 4. The molecule has 0 saturated heterocycles. The zero-order valence-electron chi connectivity index (χ0n) is 13.8. The second-order valence-electron chi connectivity index (χ2n) is 5.19. The lowest BCUT2D eigenvalue weighted by molar-refractivity contribution is -0.137. The van der Waals surface area contributed by atoms with Crippen LogP contribution in [0.5, 0.6) is 0 Å². The van der Waals surface area contributed by atoms with Gasteiger partial charge in [0.05, 0.1) is 27.7 Å². The first kappa shape index (κ1) is 20.8. The van der Waals surface area contributed by atoms with Crippen molar-refractivity contribution in [3.8, 4) is 6.07 Å². The van der Waals surface area contributed by atoms with E-state index in [1.807, 2.05) is 0 Å². The lowest BCUT2D eigenvalue weighted by atomic mass is 10.2. The van der Waals surface area contributed by atoms with Crippen LogP contribution in [0.2, 0.25) is 5.02 Å². The summed E-state index contributed by atoms with van der Waals surface area (Å²) in [6, 6.07) is 4.35. The van der Waals surface area contributed by atoms with Crippen LogP contribution < -0.4 is 10.9 Å². The van der Waals surface area contributed by atoms with Gasteiger partial charge in [-0.1, -0.05) is 30.3 Å². The Balaban J connectivity index is 2.11. The lowest BCUT2D eigenvalue weighted by Crippen LogP contribution is -2.18. The zero-order chi connectivity index (χ0) is 20.2. The van der Waals surface area contributed by atoms with Crippen LogP contribution in [-0.4, -0.2) is 21.6 Å². The SMILES string of the molecule is CCc1nc(SCC(=O)Nc2cc(C(F)(F)F)ccc2Cl)[nH]c(=O)c1C#N. The Bertz CT molecular complexity index is 970. The van der Waals surface area contributed by atoms with E-state index in [1.54, 1.807) is 13.0 Å². The van der Waals surface area contributed by atoms with Gasteiger partial charge in [0.15, 0.2) is 5.16 Å². The number of nitriles is 1. The highest BCUT2D eigenvalue weighted by Crippen LogP contribution is 2.33. The van der Waals surface area contributed by atoms with E-state index in [1.165, 1.54) is 0 Å². The molecule has 1 aromatic carbocycles. The molecule has 0 radical (unpaired) electrons. The van der Waals surface area contributed by atoms with Crippen molar-refractivity contribution in [1.82, 2.24) is 9.97 Å². The van der Waals surface area contributed by atoms with E-state index in [9.17, 15) is 22.8 Å². The molecule has 0 fully saturated rings. The summed E-state index contributed by atoms with van der Waals surface area (Å²) in [6.07, 6.45) is -4.21. The Morgan fingerprint density at radius 3 is 2.74 bits per heavy atom. The first-order valence-corrected chi connectivity index (χ1v) is 8.84. The van der Waals surface area contributed by atoms with Crippen molar-refractivity contribution in [1.29, 1.82) is 5.26 Å². The summed E-state index contributed by atoms with van der Waals surface area (Å²) >= 11 is 6.69. The molecule has 0 spiro atoms. The summed E-state index contributed by atoms with van der Waals surface area (Å²) in [6.45, 7) is 1.72. The van der Waals surface area contributed by atoms with E-state index in [4.69, 9.17) is 16.9 Å². The Morgan fingerprint density at radius 2 is 2.15 bits per heavy atom. The number of H-pyrrole nitrogens is 1. The summed E-state index contributed by atoms with van der Waals surface area (Å²) in [4.78, 5) is 30.3. The number of aryl methyl sites for hydroxylation is 1. The Morgan fingerprint density at radius 1 is 1.44 bits per heavy atom. The third-order valence-electron chi connectivity index (χ3n) is 3.33. The highest BCUT2D eigenvalue weighted by molar-refractivity contribution is 7.99. The smallest absolute Gasteiger partial charge is 0.324 e. The molecule has 1 aromatic heterocycles. The fourth-order valence-electron chi connectivity index (χ4n) is 2.05. The second kappa shape index (κ2) is 8.45. The molecule has 2 rings (SSSR count). The molecule has 0 atom stereocenters. The lowest BCUT2D eigenvalue weighted by Gasteiger charge is -2.11. The number of amides is 1. The molecular weight excluding hydrogens is 405 g/mol. The van der Waals surface area contributed by atoms with Crippen LogP contribution in [0.1, 0.15) is 23.7 Å². The molecular formula is C16H12ClF3N4O2S. The number of alkyl halides is 3. The number of carbonyl (C=O) groups excluding carboxylic acids is 1. The van der Waals surface area contributed by atoms with Crippen molar-refractivity contribution < 1.29 is 18.0 Å².